The lowest BCUT2D eigenvalue weighted by atomic mass is 9.97. The highest BCUT2D eigenvalue weighted by Gasteiger charge is 2.26. The van der Waals surface area contributed by atoms with E-state index in [0.717, 1.165) is 39.0 Å². The average Bonchev–Trinajstić information content (AvgIpc) is 2.27. The van der Waals surface area contributed by atoms with Gasteiger partial charge in [-0.05, 0) is 51.4 Å². The Labute approximate surface area is 102 Å². The van der Waals surface area contributed by atoms with Crippen LogP contribution in [0, 0.1) is 5.92 Å². The van der Waals surface area contributed by atoms with Crippen molar-refractivity contribution in [3.8, 4) is 0 Å². The summed E-state index contributed by atoms with van der Waals surface area (Å²) in [5.41, 5.74) is 0. The smallest absolute Gasteiger partial charge is 0.317 e. The van der Waals surface area contributed by atoms with Crippen molar-refractivity contribution < 1.29 is 13.2 Å². The van der Waals surface area contributed by atoms with Crippen molar-refractivity contribution in [2.24, 2.45) is 5.92 Å². The van der Waals surface area contributed by atoms with E-state index in [1.165, 1.54) is 0 Å². The first-order valence-corrected chi connectivity index (χ1v) is 6.51. The van der Waals surface area contributed by atoms with E-state index in [4.69, 9.17) is 0 Å². The molecule has 2 nitrogen and oxygen atoms in total. The minimum absolute atomic E-state index is 0.225. The van der Waals surface area contributed by atoms with Crippen LogP contribution in [0.4, 0.5) is 13.2 Å². The van der Waals surface area contributed by atoms with Gasteiger partial charge < -0.3 is 10.2 Å². The molecule has 0 radical (unpaired) electrons. The van der Waals surface area contributed by atoms with Gasteiger partial charge in [-0.25, -0.2) is 0 Å². The summed E-state index contributed by atoms with van der Waals surface area (Å²) < 4.78 is 36.1. The van der Waals surface area contributed by atoms with Gasteiger partial charge in [0.2, 0.25) is 0 Å². The van der Waals surface area contributed by atoms with E-state index in [1.807, 2.05) is 6.92 Å². The highest BCUT2D eigenvalue weighted by atomic mass is 19.4. The summed E-state index contributed by atoms with van der Waals surface area (Å²) in [6, 6.07) is 0. The van der Waals surface area contributed by atoms with E-state index in [2.05, 4.69) is 10.2 Å². The molecule has 1 saturated heterocycles. The van der Waals surface area contributed by atoms with E-state index in [1.54, 1.807) is 0 Å². The molecule has 0 amide bonds. The van der Waals surface area contributed by atoms with Gasteiger partial charge in [0, 0.05) is 13.0 Å². The third kappa shape index (κ3) is 6.88. The van der Waals surface area contributed by atoms with Crippen LogP contribution in [0.15, 0.2) is 0 Å². The molecule has 17 heavy (non-hydrogen) atoms. The van der Waals surface area contributed by atoms with E-state index in [-0.39, 0.29) is 6.42 Å². The van der Waals surface area contributed by atoms with E-state index < -0.39 is 12.6 Å². The fraction of sp³-hybridized carbons (Fsp3) is 1.00. The molecule has 0 unspecified atom stereocenters. The first-order valence-electron chi connectivity index (χ1n) is 6.51. The fourth-order valence-corrected chi connectivity index (χ4v) is 2.31. The van der Waals surface area contributed by atoms with E-state index in [0.29, 0.717) is 12.5 Å². The Bertz CT molecular complexity index is 200. The third-order valence-corrected chi connectivity index (χ3v) is 3.36. The summed E-state index contributed by atoms with van der Waals surface area (Å²) in [5.74, 6) is 0.655. The molecular formula is C12H23F3N2. The molecule has 0 aliphatic carbocycles. The van der Waals surface area contributed by atoms with Gasteiger partial charge in [-0.3, -0.25) is 0 Å². The molecule has 1 aliphatic heterocycles. The molecule has 102 valence electrons. The van der Waals surface area contributed by atoms with Gasteiger partial charge in [0.25, 0.3) is 0 Å². The van der Waals surface area contributed by atoms with Gasteiger partial charge in [0.1, 0.15) is 0 Å². The van der Waals surface area contributed by atoms with Gasteiger partial charge in [-0.1, -0.05) is 6.92 Å². The second kappa shape index (κ2) is 7.21. The normalized spacial score (nSPS) is 18.9. The summed E-state index contributed by atoms with van der Waals surface area (Å²) in [5, 5.41) is 3.30. The molecule has 1 fully saturated rings. The first kappa shape index (κ1) is 14.8. The predicted molar refractivity (Wildman–Crippen MR) is 63.0 cm³/mol. The molecule has 0 aromatic heterocycles. The zero-order chi connectivity index (χ0) is 12.7. The highest BCUT2D eigenvalue weighted by molar-refractivity contribution is 4.72. The van der Waals surface area contributed by atoms with E-state index in [9.17, 15) is 13.2 Å². The number of hydrogen-bond acceptors (Lipinski definition) is 2. The quantitative estimate of drug-likeness (QED) is 0.782. The Morgan fingerprint density at radius 1 is 1.24 bits per heavy atom. The number of nitrogens with one attached hydrogen (secondary N) is 1. The van der Waals surface area contributed by atoms with Crippen molar-refractivity contribution in [3.05, 3.63) is 0 Å². The Morgan fingerprint density at radius 2 is 1.88 bits per heavy atom. The van der Waals surface area contributed by atoms with Crippen LogP contribution in [0.2, 0.25) is 0 Å². The summed E-state index contributed by atoms with van der Waals surface area (Å²) in [6.45, 7) is 6.49. The second-order valence-corrected chi connectivity index (χ2v) is 4.81. The molecule has 0 aromatic carbocycles. The molecule has 0 atom stereocenters. The van der Waals surface area contributed by atoms with Crippen molar-refractivity contribution in [2.75, 3.05) is 32.7 Å². The largest absolute Gasteiger partial charge is 0.389 e. The average molecular weight is 252 g/mol. The first-order chi connectivity index (χ1) is 8.01. The summed E-state index contributed by atoms with van der Waals surface area (Å²) in [7, 11) is 0. The zero-order valence-electron chi connectivity index (χ0n) is 10.5. The topological polar surface area (TPSA) is 15.3 Å². The van der Waals surface area contributed by atoms with Crippen LogP contribution in [0.3, 0.4) is 0 Å². The predicted octanol–water partition coefficient (Wildman–Crippen LogP) is 2.65. The summed E-state index contributed by atoms with van der Waals surface area (Å²) in [6.07, 6.45) is -2.14. The van der Waals surface area contributed by atoms with Crippen LogP contribution >= 0.6 is 0 Å². The van der Waals surface area contributed by atoms with Crippen molar-refractivity contribution >= 4 is 0 Å². The van der Waals surface area contributed by atoms with Gasteiger partial charge >= 0.3 is 6.18 Å². The summed E-state index contributed by atoms with van der Waals surface area (Å²) >= 11 is 0. The molecule has 0 spiro atoms. The fourth-order valence-electron chi connectivity index (χ4n) is 2.31. The molecule has 1 heterocycles. The number of alkyl halides is 3. The van der Waals surface area contributed by atoms with Gasteiger partial charge in [-0.15, -0.1) is 0 Å². The minimum Gasteiger partial charge on any atom is -0.317 e. The molecule has 1 N–H and O–H groups in total. The number of hydrogen-bond donors (Lipinski definition) is 1. The van der Waals surface area contributed by atoms with Crippen LogP contribution in [0.5, 0.6) is 0 Å². The molecule has 1 aliphatic rings. The van der Waals surface area contributed by atoms with Crippen molar-refractivity contribution in [1.29, 1.82) is 0 Å². The van der Waals surface area contributed by atoms with Crippen molar-refractivity contribution in [3.63, 3.8) is 0 Å². The van der Waals surface area contributed by atoms with Crippen LogP contribution in [0.25, 0.3) is 0 Å². The minimum atomic E-state index is -4.01. The zero-order valence-corrected chi connectivity index (χ0v) is 10.5. The SMILES string of the molecule is CCN(CCCC(F)(F)F)CC1CCNCC1. The van der Waals surface area contributed by atoms with Crippen LogP contribution in [-0.4, -0.2) is 43.8 Å². The number of nitrogens with zero attached hydrogens (tertiary/aromatic N) is 1. The number of rotatable bonds is 6. The van der Waals surface area contributed by atoms with Gasteiger partial charge in [0.15, 0.2) is 0 Å². The Kier molecular flexibility index (Phi) is 6.27. The van der Waals surface area contributed by atoms with Crippen LogP contribution in [-0.2, 0) is 0 Å². The van der Waals surface area contributed by atoms with Crippen molar-refractivity contribution in [2.45, 2.75) is 38.8 Å². The molecule has 5 heteroatoms. The molecule has 0 aromatic rings. The molecular weight excluding hydrogens is 229 g/mol. The Hall–Kier alpha value is -0.290. The van der Waals surface area contributed by atoms with Crippen molar-refractivity contribution in [1.82, 2.24) is 10.2 Å². The maximum Gasteiger partial charge on any atom is 0.389 e. The van der Waals surface area contributed by atoms with Gasteiger partial charge in [0.05, 0.1) is 0 Å². The maximum atomic E-state index is 12.0. The lowest BCUT2D eigenvalue weighted by Gasteiger charge is -2.29. The number of halogens is 3. The molecule has 0 bridgehead atoms. The van der Waals surface area contributed by atoms with E-state index >= 15 is 0 Å². The standard InChI is InChI=1S/C12H23F3N2/c1-2-17(9-3-6-12(13,14)15)10-11-4-7-16-8-5-11/h11,16H,2-10H2,1H3. The summed E-state index contributed by atoms with van der Waals surface area (Å²) in [4.78, 5) is 2.15. The highest BCUT2D eigenvalue weighted by Crippen LogP contribution is 2.22. The Morgan fingerprint density at radius 3 is 2.41 bits per heavy atom. The third-order valence-electron chi connectivity index (χ3n) is 3.36. The lowest BCUT2D eigenvalue weighted by molar-refractivity contribution is -0.136. The molecule has 0 saturated carbocycles. The van der Waals surface area contributed by atoms with Crippen LogP contribution in [0.1, 0.15) is 32.6 Å². The molecule has 1 rings (SSSR count). The Balaban J connectivity index is 2.18. The monoisotopic (exact) mass is 252 g/mol. The number of piperidine rings is 1. The lowest BCUT2D eigenvalue weighted by Crippen LogP contribution is -2.36. The maximum absolute atomic E-state index is 12.0. The second-order valence-electron chi connectivity index (χ2n) is 4.81. The van der Waals surface area contributed by atoms with Gasteiger partial charge in [-0.2, -0.15) is 13.2 Å². The van der Waals surface area contributed by atoms with Crippen LogP contribution < -0.4 is 5.32 Å².